The Balaban J connectivity index is 1.82. The van der Waals surface area contributed by atoms with Crippen molar-refractivity contribution < 1.29 is 9.53 Å². The number of carbonyl (C=O) groups excluding carboxylic acids is 1. The average molecular weight is 388 g/mol. The third kappa shape index (κ3) is 3.87. The fraction of sp³-hybridized carbons (Fsp3) is 0.350. The standard InChI is InChI=1S/C20H22BrNO2/c1-2-24-20(23)18-14-22(12-15-8-4-3-5-9-15)13-17(18)16-10-6-7-11-19(16)21/h3-11,17-18H,2,12-14H2,1H3/t17-,18+/m0/s1. The Morgan fingerprint density at radius 2 is 1.83 bits per heavy atom. The summed E-state index contributed by atoms with van der Waals surface area (Å²) in [6, 6.07) is 18.6. The van der Waals surface area contributed by atoms with Gasteiger partial charge in [0.25, 0.3) is 0 Å². The zero-order chi connectivity index (χ0) is 16.9. The molecule has 126 valence electrons. The first-order valence-corrected chi connectivity index (χ1v) is 9.15. The number of benzene rings is 2. The molecular formula is C20H22BrNO2. The SMILES string of the molecule is CCOC(=O)[C@@H]1CN(Cc2ccccc2)C[C@H]1c1ccccc1Br. The van der Waals surface area contributed by atoms with Gasteiger partial charge < -0.3 is 4.74 Å². The second kappa shape index (κ2) is 7.95. The van der Waals surface area contributed by atoms with Crippen LogP contribution in [0.15, 0.2) is 59.1 Å². The van der Waals surface area contributed by atoms with E-state index in [4.69, 9.17) is 4.74 Å². The van der Waals surface area contributed by atoms with E-state index in [-0.39, 0.29) is 17.8 Å². The lowest BCUT2D eigenvalue weighted by Gasteiger charge is -2.18. The highest BCUT2D eigenvalue weighted by Crippen LogP contribution is 2.37. The lowest BCUT2D eigenvalue weighted by Crippen LogP contribution is -2.25. The van der Waals surface area contributed by atoms with Crippen molar-refractivity contribution in [2.75, 3.05) is 19.7 Å². The molecule has 0 amide bonds. The summed E-state index contributed by atoms with van der Waals surface area (Å²) in [5, 5.41) is 0. The maximum absolute atomic E-state index is 12.5. The first-order valence-electron chi connectivity index (χ1n) is 8.36. The number of esters is 1. The van der Waals surface area contributed by atoms with Crippen molar-refractivity contribution in [1.82, 2.24) is 4.90 Å². The fourth-order valence-corrected chi connectivity index (χ4v) is 4.01. The van der Waals surface area contributed by atoms with Crippen molar-refractivity contribution in [2.45, 2.75) is 19.4 Å². The van der Waals surface area contributed by atoms with Gasteiger partial charge in [0.05, 0.1) is 12.5 Å². The molecule has 0 aromatic heterocycles. The molecule has 0 radical (unpaired) electrons. The maximum atomic E-state index is 12.5. The third-order valence-electron chi connectivity index (χ3n) is 4.54. The number of rotatable bonds is 5. The molecule has 0 spiro atoms. The van der Waals surface area contributed by atoms with Gasteiger partial charge in [-0.15, -0.1) is 0 Å². The molecule has 0 N–H and O–H groups in total. The Kier molecular flexibility index (Phi) is 5.69. The van der Waals surface area contributed by atoms with Gasteiger partial charge in [-0.25, -0.2) is 0 Å². The van der Waals surface area contributed by atoms with Gasteiger partial charge in [-0.2, -0.15) is 0 Å². The van der Waals surface area contributed by atoms with Crippen LogP contribution in [-0.2, 0) is 16.1 Å². The lowest BCUT2D eigenvalue weighted by atomic mass is 9.89. The summed E-state index contributed by atoms with van der Waals surface area (Å²) in [5.74, 6) is -0.0514. The van der Waals surface area contributed by atoms with Gasteiger partial charge in [-0.3, -0.25) is 9.69 Å². The van der Waals surface area contributed by atoms with Crippen molar-refractivity contribution >= 4 is 21.9 Å². The van der Waals surface area contributed by atoms with Crippen LogP contribution in [0.3, 0.4) is 0 Å². The zero-order valence-electron chi connectivity index (χ0n) is 13.8. The number of ether oxygens (including phenoxy) is 1. The molecule has 24 heavy (non-hydrogen) atoms. The monoisotopic (exact) mass is 387 g/mol. The van der Waals surface area contributed by atoms with Crippen molar-refractivity contribution in [2.24, 2.45) is 5.92 Å². The second-order valence-corrected chi connectivity index (χ2v) is 7.02. The molecule has 4 heteroatoms. The van der Waals surface area contributed by atoms with Crippen LogP contribution >= 0.6 is 15.9 Å². The number of hydrogen-bond donors (Lipinski definition) is 0. The van der Waals surface area contributed by atoms with Crippen LogP contribution in [0.1, 0.15) is 24.0 Å². The number of halogens is 1. The van der Waals surface area contributed by atoms with E-state index >= 15 is 0 Å². The highest BCUT2D eigenvalue weighted by Gasteiger charge is 2.40. The topological polar surface area (TPSA) is 29.5 Å². The lowest BCUT2D eigenvalue weighted by molar-refractivity contribution is -0.148. The Hall–Kier alpha value is -1.65. The minimum atomic E-state index is -0.118. The van der Waals surface area contributed by atoms with Crippen LogP contribution < -0.4 is 0 Å². The summed E-state index contributed by atoms with van der Waals surface area (Å²) < 4.78 is 6.40. The molecule has 0 bridgehead atoms. The van der Waals surface area contributed by atoms with E-state index in [2.05, 4.69) is 51.2 Å². The summed E-state index contributed by atoms with van der Waals surface area (Å²) in [7, 11) is 0. The van der Waals surface area contributed by atoms with Crippen molar-refractivity contribution in [3.63, 3.8) is 0 Å². The minimum Gasteiger partial charge on any atom is -0.466 e. The van der Waals surface area contributed by atoms with Gasteiger partial charge in [0, 0.05) is 30.0 Å². The van der Waals surface area contributed by atoms with E-state index in [1.165, 1.54) is 11.1 Å². The highest BCUT2D eigenvalue weighted by atomic mass is 79.9. The van der Waals surface area contributed by atoms with Gasteiger partial charge >= 0.3 is 5.97 Å². The molecule has 3 nitrogen and oxygen atoms in total. The summed E-state index contributed by atoms with van der Waals surface area (Å²) in [4.78, 5) is 14.8. The summed E-state index contributed by atoms with van der Waals surface area (Å²) in [6.45, 7) is 4.75. The minimum absolute atomic E-state index is 0.0891. The molecule has 2 aromatic carbocycles. The van der Waals surface area contributed by atoms with E-state index in [1.54, 1.807) is 0 Å². The first-order chi connectivity index (χ1) is 11.7. The van der Waals surface area contributed by atoms with Gasteiger partial charge in [-0.05, 0) is 24.1 Å². The first kappa shape index (κ1) is 17.2. The highest BCUT2D eigenvalue weighted by molar-refractivity contribution is 9.10. The molecule has 2 atom stereocenters. The van der Waals surface area contributed by atoms with E-state index in [0.717, 1.165) is 24.1 Å². The van der Waals surface area contributed by atoms with Gasteiger partial charge in [0.2, 0.25) is 0 Å². The predicted molar refractivity (Wildman–Crippen MR) is 98.7 cm³/mol. The zero-order valence-corrected chi connectivity index (χ0v) is 15.4. The summed E-state index contributed by atoms with van der Waals surface area (Å²) >= 11 is 3.64. The predicted octanol–water partition coefficient (Wildman–Crippen LogP) is 4.23. The molecule has 1 aliphatic heterocycles. The summed E-state index contributed by atoms with van der Waals surface area (Å²) in [6.07, 6.45) is 0. The Labute approximate surface area is 151 Å². The number of hydrogen-bond acceptors (Lipinski definition) is 3. The van der Waals surface area contributed by atoms with E-state index < -0.39 is 0 Å². The van der Waals surface area contributed by atoms with E-state index in [9.17, 15) is 4.79 Å². The average Bonchev–Trinajstić information content (AvgIpc) is 3.00. The molecule has 0 unspecified atom stereocenters. The quantitative estimate of drug-likeness (QED) is 0.718. The normalized spacial score (nSPS) is 20.9. The van der Waals surface area contributed by atoms with Crippen molar-refractivity contribution in [3.8, 4) is 0 Å². The second-order valence-electron chi connectivity index (χ2n) is 6.17. The van der Waals surface area contributed by atoms with Gasteiger partial charge in [0.1, 0.15) is 0 Å². The van der Waals surface area contributed by atoms with Crippen molar-refractivity contribution in [3.05, 3.63) is 70.2 Å². The van der Waals surface area contributed by atoms with Gasteiger partial charge in [-0.1, -0.05) is 64.5 Å². The molecule has 0 aliphatic carbocycles. The molecule has 1 saturated heterocycles. The van der Waals surface area contributed by atoms with E-state index in [0.29, 0.717) is 6.61 Å². The molecular weight excluding hydrogens is 366 g/mol. The maximum Gasteiger partial charge on any atom is 0.310 e. The smallest absolute Gasteiger partial charge is 0.310 e. The molecule has 0 saturated carbocycles. The number of likely N-dealkylation sites (tertiary alicyclic amines) is 1. The van der Waals surface area contributed by atoms with Crippen LogP contribution in [0.4, 0.5) is 0 Å². The number of carbonyl (C=O) groups is 1. The van der Waals surface area contributed by atoms with Crippen molar-refractivity contribution in [1.29, 1.82) is 0 Å². The molecule has 1 fully saturated rings. The van der Waals surface area contributed by atoms with Crippen LogP contribution in [0, 0.1) is 5.92 Å². The van der Waals surface area contributed by atoms with E-state index in [1.807, 2.05) is 31.2 Å². The van der Waals surface area contributed by atoms with Crippen LogP contribution in [-0.4, -0.2) is 30.6 Å². The Morgan fingerprint density at radius 1 is 1.12 bits per heavy atom. The fourth-order valence-electron chi connectivity index (χ4n) is 3.44. The molecule has 1 aliphatic rings. The summed E-state index contributed by atoms with van der Waals surface area (Å²) in [5.41, 5.74) is 2.46. The Morgan fingerprint density at radius 3 is 2.54 bits per heavy atom. The molecule has 2 aromatic rings. The van der Waals surface area contributed by atoms with Gasteiger partial charge in [0.15, 0.2) is 0 Å². The van der Waals surface area contributed by atoms with Crippen LogP contribution in [0.2, 0.25) is 0 Å². The number of nitrogens with zero attached hydrogens (tertiary/aromatic N) is 1. The Bertz CT molecular complexity index is 689. The molecule has 1 heterocycles. The largest absolute Gasteiger partial charge is 0.466 e. The third-order valence-corrected chi connectivity index (χ3v) is 5.26. The van der Waals surface area contributed by atoms with Crippen LogP contribution in [0.25, 0.3) is 0 Å². The molecule has 3 rings (SSSR count). The van der Waals surface area contributed by atoms with Crippen LogP contribution in [0.5, 0.6) is 0 Å².